The Morgan fingerprint density at radius 1 is 1.11 bits per heavy atom. The van der Waals surface area contributed by atoms with Crippen molar-refractivity contribution in [3.8, 4) is 5.75 Å². The molecule has 3 rings (SSSR count). The summed E-state index contributed by atoms with van der Waals surface area (Å²) in [5, 5.41) is 5.23. The fourth-order valence-electron chi connectivity index (χ4n) is 4.26. The average Bonchev–Trinajstić information content (AvgIpc) is 2.87. The Labute approximate surface area is 216 Å². The molecule has 2 aromatic rings. The Bertz CT molecular complexity index is 1130. The molecule has 2 aromatic carbocycles. The molecule has 1 aliphatic rings. The number of methoxy groups -OCH3 is 1. The van der Waals surface area contributed by atoms with Crippen LogP contribution < -0.4 is 15.4 Å². The van der Waals surface area contributed by atoms with Crippen LogP contribution in [0.5, 0.6) is 5.75 Å². The first kappa shape index (κ1) is 27.9. The highest BCUT2D eigenvalue weighted by Crippen LogP contribution is 2.27. The lowest BCUT2D eigenvalue weighted by atomic mass is 10.0. The van der Waals surface area contributed by atoms with Gasteiger partial charge < -0.3 is 29.9 Å². The van der Waals surface area contributed by atoms with Crippen molar-refractivity contribution in [2.24, 2.45) is 5.92 Å². The van der Waals surface area contributed by atoms with Crippen LogP contribution in [0.15, 0.2) is 42.5 Å². The maximum Gasteiger partial charge on any atom is 0.323 e. The van der Waals surface area contributed by atoms with Crippen LogP contribution in [-0.4, -0.2) is 73.6 Å². The highest BCUT2D eigenvalue weighted by molar-refractivity contribution is 6.02. The third kappa shape index (κ3) is 7.19. The van der Waals surface area contributed by atoms with E-state index in [0.717, 1.165) is 0 Å². The van der Waals surface area contributed by atoms with E-state index in [-0.39, 0.29) is 42.0 Å². The Hall–Kier alpha value is -3.66. The van der Waals surface area contributed by atoms with E-state index >= 15 is 0 Å². The first-order valence-electron chi connectivity index (χ1n) is 12.3. The van der Waals surface area contributed by atoms with Gasteiger partial charge in [0, 0.05) is 51.0 Å². The summed E-state index contributed by atoms with van der Waals surface area (Å²) in [7, 11) is 3.27. The summed E-state index contributed by atoms with van der Waals surface area (Å²) < 4.78 is 25.2. The molecule has 0 unspecified atom stereocenters. The largest absolute Gasteiger partial charge is 0.491 e. The van der Waals surface area contributed by atoms with E-state index in [1.165, 1.54) is 24.3 Å². The molecular weight excluding hydrogens is 479 g/mol. The normalized spacial score (nSPS) is 20.7. The molecule has 10 heteroatoms. The second kappa shape index (κ2) is 12.5. The molecule has 9 nitrogen and oxygen atoms in total. The molecule has 0 saturated heterocycles. The van der Waals surface area contributed by atoms with Crippen molar-refractivity contribution < 1.29 is 28.2 Å². The summed E-state index contributed by atoms with van der Waals surface area (Å²) in [6, 6.07) is 9.47. The second-order valence-corrected chi connectivity index (χ2v) is 9.30. The van der Waals surface area contributed by atoms with Crippen LogP contribution in [-0.2, 0) is 9.53 Å². The maximum absolute atomic E-state index is 13.4. The third-order valence-corrected chi connectivity index (χ3v) is 6.41. The lowest BCUT2D eigenvalue weighted by Crippen LogP contribution is -2.48. The number of amides is 4. The van der Waals surface area contributed by atoms with E-state index in [1.807, 2.05) is 20.8 Å². The van der Waals surface area contributed by atoms with E-state index in [9.17, 15) is 18.8 Å². The SMILES string of the molecule is CCC(=O)N1C[C@@H](C)[C@H](OC)CN(C)C(=O)c2cc(NC(=O)Nc3cccc(F)c3)ccc2OC[C@H]1C. The van der Waals surface area contributed by atoms with Gasteiger partial charge in [-0.15, -0.1) is 0 Å². The van der Waals surface area contributed by atoms with Crippen LogP contribution in [0.4, 0.5) is 20.6 Å². The van der Waals surface area contributed by atoms with E-state index in [2.05, 4.69) is 10.6 Å². The number of benzene rings is 2. The zero-order chi connectivity index (χ0) is 27.1. The number of rotatable bonds is 4. The van der Waals surface area contributed by atoms with E-state index in [0.29, 0.717) is 36.6 Å². The van der Waals surface area contributed by atoms with Gasteiger partial charge in [-0.05, 0) is 43.3 Å². The number of halogens is 1. The van der Waals surface area contributed by atoms with E-state index in [4.69, 9.17) is 9.47 Å². The van der Waals surface area contributed by atoms with Crippen LogP contribution in [0.3, 0.4) is 0 Å². The Morgan fingerprint density at radius 3 is 2.46 bits per heavy atom. The van der Waals surface area contributed by atoms with Gasteiger partial charge in [0.2, 0.25) is 5.91 Å². The van der Waals surface area contributed by atoms with Gasteiger partial charge >= 0.3 is 6.03 Å². The lowest BCUT2D eigenvalue weighted by molar-refractivity contribution is -0.135. The average molecular weight is 515 g/mol. The summed E-state index contributed by atoms with van der Waals surface area (Å²) >= 11 is 0. The van der Waals surface area contributed by atoms with Crippen LogP contribution in [0.25, 0.3) is 0 Å². The summed E-state index contributed by atoms with van der Waals surface area (Å²) in [6.45, 7) is 6.70. The molecule has 4 amide bonds. The molecular formula is C27H35FN4O5. The molecule has 2 N–H and O–H groups in total. The first-order valence-corrected chi connectivity index (χ1v) is 12.3. The molecule has 0 radical (unpaired) electrons. The molecule has 200 valence electrons. The van der Waals surface area contributed by atoms with Crippen molar-refractivity contribution in [2.75, 3.05) is 44.5 Å². The minimum atomic E-state index is -0.587. The van der Waals surface area contributed by atoms with Crippen LogP contribution >= 0.6 is 0 Å². The summed E-state index contributed by atoms with van der Waals surface area (Å²) in [6.07, 6.45) is 0.0756. The van der Waals surface area contributed by atoms with Crippen molar-refractivity contribution in [1.82, 2.24) is 9.80 Å². The highest BCUT2D eigenvalue weighted by atomic mass is 19.1. The first-order chi connectivity index (χ1) is 17.6. The van der Waals surface area contributed by atoms with Gasteiger partial charge in [0.05, 0.1) is 17.7 Å². The van der Waals surface area contributed by atoms with Crippen LogP contribution in [0, 0.1) is 11.7 Å². The molecule has 0 aliphatic carbocycles. The molecule has 3 atom stereocenters. The fraction of sp³-hybridized carbons (Fsp3) is 0.444. The predicted molar refractivity (Wildman–Crippen MR) is 139 cm³/mol. The van der Waals surface area contributed by atoms with Gasteiger partial charge in [-0.1, -0.05) is 19.9 Å². The Morgan fingerprint density at radius 2 is 1.81 bits per heavy atom. The maximum atomic E-state index is 13.4. The molecule has 0 fully saturated rings. The summed E-state index contributed by atoms with van der Waals surface area (Å²) in [5.74, 6) is -0.445. The van der Waals surface area contributed by atoms with Crippen molar-refractivity contribution in [2.45, 2.75) is 39.3 Å². The number of urea groups is 1. The zero-order valence-electron chi connectivity index (χ0n) is 21.9. The van der Waals surface area contributed by atoms with Crippen molar-refractivity contribution in [3.05, 3.63) is 53.8 Å². The second-order valence-electron chi connectivity index (χ2n) is 9.30. The van der Waals surface area contributed by atoms with Crippen molar-refractivity contribution >= 4 is 29.2 Å². The molecule has 37 heavy (non-hydrogen) atoms. The number of hydrogen-bond donors (Lipinski definition) is 2. The van der Waals surface area contributed by atoms with Crippen molar-refractivity contribution in [1.29, 1.82) is 0 Å². The topological polar surface area (TPSA) is 100 Å². The van der Waals surface area contributed by atoms with E-state index < -0.39 is 11.8 Å². The standard InChI is InChI=1S/C27H35FN4O5/c1-6-25(33)32-14-17(2)24(36-5)15-31(4)26(34)22-13-21(10-11-23(22)37-16-18(32)3)30-27(35)29-20-9-7-8-19(28)12-20/h7-13,17-18,24H,6,14-16H2,1-5H3,(H2,29,30,35)/t17-,18-,24-/m1/s1. The number of hydrogen-bond acceptors (Lipinski definition) is 5. The number of nitrogens with one attached hydrogen (secondary N) is 2. The van der Waals surface area contributed by atoms with Gasteiger partial charge in [0.25, 0.3) is 5.91 Å². The van der Waals surface area contributed by atoms with Crippen molar-refractivity contribution in [3.63, 3.8) is 0 Å². The van der Waals surface area contributed by atoms with Gasteiger partial charge in [-0.25, -0.2) is 9.18 Å². The molecule has 1 heterocycles. The minimum absolute atomic E-state index is 0.0170. The number of ether oxygens (including phenoxy) is 2. The number of likely N-dealkylation sites (N-methyl/N-ethyl adjacent to an activating group) is 1. The van der Waals surface area contributed by atoms with Gasteiger partial charge in [0.1, 0.15) is 18.2 Å². The number of carbonyl (C=O) groups excluding carboxylic acids is 3. The van der Waals surface area contributed by atoms with Crippen LogP contribution in [0.1, 0.15) is 37.6 Å². The van der Waals surface area contributed by atoms with Crippen LogP contribution in [0.2, 0.25) is 0 Å². The lowest BCUT2D eigenvalue weighted by Gasteiger charge is -2.36. The smallest absolute Gasteiger partial charge is 0.323 e. The Balaban J connectivity index is 1.88. The van der Waals surface area contributed by atoms with Gasteiger partial charge in [-0.2, -0.15) is 0 Å². The molecule has 0 bridgehead atoms. The molecule has 1 aliphatic heterocycles. The molecule has 0 saturated carbocycles. The minimum Gasteiger partial charge on any atom is -0.491 e. The number of anilines is 2. The summed E-state index contributed by atoms with van der Waals surface area (Å²) in [5.41, 5.74) is 0.912. The summed E-state index contributed by atoms with van der Waals surface area (Å²) in [4.78, 5) is 42.0. The number of nitrogens with zero attached hydrogens (tertiary/aromatic N) is 2. The third-order valence-electron chi connectivity index (χ3n) is 6.41. The van der Waals surface area contributed by atoms with Gasteiger partial charge in [-0.3, -0.25) is 9.59 Å². The highest BCUT2D eigenvalue weighted by Gasteiger charge is 2.30. The monoisotopic (exact) mass is 514 g/mol. The predicted octanol–water partition coefficient (Wildman–Crippen LogP) is 4.21. The fourth-order valence-corrected chi connectivity index (χ4v) is 4.26. The molecule has 0 aromatic heterocycles. The van der Waals surface area contributed by atoms with E-state index in [1.54, 1.807) is 42.2 Å². The quantitative estimate of drug-likeness (QED) is 0.637. The number of carbonyl (C=O) groups is 3. The number of fused-ring (bicyclic) bond motifs is 1. The van der Waals surface area contributed by atoms with Gasteiger partial charge in [0.15, 0.2) is 0 Å². The zero-order valence-corrected chi connectivity index (χ0v) is 21.9. The molecule has 0 spiro atoms. The Kier molecular flexibility index (Phi) is 9.46.